The minimum atomic E-state index is -4.43. The van der Waals surface area contributed by atoms with Crippen molar-refractivity contribution >= 4 is 25.1 Å². The summed E-state index contributed by atoms with van der Waals surface area (Å²) in [4.78, 5) is 16.7. The number of hydrogen-bond donors (Lipinski definition) is 4. The van der Waals surface area contributed by atoms with E-state index < -0.39 is 50.3 Å². The van der Waals surface area contributed by atoms with Crippen LogP contribution in [-0.4, -0.2) is 68.3 Å². The van der Waals surface area contributed by atoms with Gasteiger partial charge in [-0.25, -0.2) is 14.1 Å². The van der Waals surface area contributed by atoms with E-state index in [1.54, 1.807) is 42.5 Å². The summed E-state index contributed by atoms with van der Waals surface area (Å²) in [5.41, 5.74) is 4.50. The molecular formula is C27H35N6O8P. The number of aromatic nitrogens is 3. The number of nitrogens with two attached hydrogens (primary N) is 1. The average molecular weight is 603 g/mol. The zero-order valence-corrected chi connectivity index (χ0v) is 24.4. The van der Waals surface area contributed by atoms with Crippen LogP contribution in [0.15, 0.2) is 48.8 Å². The number of fused-ring (bicyclic) bond motifs is 1. The molecule has 1 saturated heterocycles. The molecule has 4 rings (SSSR count). The fourth-order valence-corrected chi connectivity index (χ4v) is 6.14. The maximum atomic E-state index is 14.2. The molecule has 0 radical (unpaired) electrons. The number of para-hydroxylation sites is 1. The van der Waals surface area contributed by atoms with E-state index in [2.05, 4.69) is 15.2 Å². The normalized spacial score (nSPS) is 24.3. The predicted molar refractivity (Wildman–Crippen MR) is 150 cm³/mol. The van der Waals surface area contributed by atoms with Crippen LogP contribution in [0.1, 0.15) is 39.3 Å². The minimum Gasteiger partial charge on any atom is -0.464 e. The lowest BCUT2D eigenvalue weighted by Gasteiger charge is -2.33. The smallest absolute Gasteiger partial charge is 0.459 e. The molecule has 0 spiro atoms. The number of benzene rings is 1. The maximum Gasteiger partial charge on any atom is 0.459 e. The number of esters is 1. The summed E-state index contributed by atoms with van der Waals surface area (Å²) < 4.78 is 38.4. The van der Waals surface area contributed by atoms with E-state index in [4.69, 9.17) is 24.3 Å². The Hall–Kier alpha value is -3.57. The Morgan fingerprint density at radius 2 is 1.98 bits per heavy atom. The van der Waals surface area contributed by atoms with Gasteiger partial charge in [0.2, 0.25) is 0 Å². The van der Waals surface area contributed by atoms with Crippen molar-refractivity contribution in [2.75, 3.05) is 18.9 Å². The fraction of sp³-hybridized carbons (Fsp3) is 0.481. The Labute approximate surface area is 242 Å². The van der Waals surface area contributed by atoms with Gasteiger partial charge in [-0.05, 0) is 37.1 Å². The van der Waals surface area contributed by atoms with Crippen LogP contribution in [-0.2, 0) is 29.0 Å². The average Bonchev–Trinajstić information content (AvgIpc) is 3.53. The van der Waals surface area contributed by atoms with E-state index in [0.717, 1.165) is 12.8 Å². The number of ether oxygens (including phenoxy) is 2. The molecular weight excluding hydrogens is 567 g/mol. The van der Waals surface area contributed by atoms with Gasteiger partial charge in [0, 0.05) is 0 Å². The highest BCUT2D eigenvalue weighted by atomic mass is 31.2. The Bertz CT molecular complexity index is 1460. The van der Waals surface area contributed by atoms with Gasteiger partial charge in [-0.2, -0.15) is 15.4 Å². The van der Waals surface area contributed by atoms with Crippen LogP contribution in [0.4, 0.5) is 5.82 Å². The number of aliphatic hydroxyl groups excluding tert-OH is 2. The molecule has 6 atom stereocenters. The number of nitrogens with zero attached hydrogens (tertiary/aromatic N) is 4. The summed E-state index contributed by atoms with van der Waals surface area (Å²) in [6, 6.07) is 11.9. The number of hydrogen-bond acceptors (Lipinski definition) is 12. The van der Waals surface area contributed by atoms with Crippen LogP contribution in [0.5, 0.6) is 5.75 Å². The second-order valence-electron chi connectivity index (χ2n) is 9.99. The van der Waals surface area contributed by atoms with Gasteiger partial charge in [0.25, 0.3) is 0 Å². The molecule has 0 saturated carbocycles. The molecule has 14 nitrogen and oxygen atoms in total. The molecule has 2 aromatic heterocycles. The highest BCUT2D eigenvalue weighted by Gasteiger charge is 2.58. The number of nitrogens with one attached hydrogen (secondary N) is 1. The van der Waals surface area contributed by atoms with Crippen LogP contribution >= 0.6 is 7.75 Å². The first kappa shape index (κ1) is 31.4. The third-order valence-corrected chi connectivity index (χ3v) is 8.85. The predicted octanol–water partition coefficient (Wildman–Crippen LogP) is 2.31. The molecule has 3 heterocycles. The van der Waals surface area contributed by atoms with Gasteiger partial charge in [0.1, 0.15) is 35.8 Å². The van der Waals surface area contributed by atoms with E-state index in [1.165, 1.54) is 23.8 Å². The van der Waals surface area contributed by atoms with E-state index in [9.17, 15) is 24.8 Å². The van der Waals surface area contributed by atoms with Crippen molar-refractivity contribution in [2.24, 2.45) is 5.92 Å². The Morgan fingerprint density at radius 1 is 1.26 bits per heavy atom. The number of anilines is 1. The lowest BCUT2D eigenvalue weighted by molar-refractivity contribution is -0.146. The molecule has 0 amide bonds. The summed E-state index contributed by atoms with van der Waals surface area (Å²) in [5.74, 6) is -0.201. The lowest BCUT2D eigenvalue weighted by Crippen LogP contribution is -2.46. The van der Waals surface area contributed by atoms with Crippen molar-refractivity contribution in [3.8, 4) is 11.8 Å². The number of rotatable bonds is 13. The second-order valence-corrected chi connectivity index (χ2v) is 11.7. The number of carbonyl (C=O) groups excluding carboxylic acids is 1. The quantitative estimate of drug-likeness (QED) is 0.164. The molecule has 1 aliphatic rings. The van der Waals surface area contributed by atoms with Crippen molar-refractivity contribution in [2.45, 2.75) is 63.6 Å². The number of nitrogen functional groups attached to an aromatic ring is 1. The topological polar surface area (TPSA) is 204 Å². The zero-order chi connectivity index (χ0) is 30.5. The Morgan fingerprint density at radius 3 is 2.62 bits per heavy atom. The summed E-state index contributed by atoms with van der Waals surface area (Å²) >= 11 is 0. The van der Waals surface area contributed by atoms with Crippen molar-refractivity contribution in [1.82, 2.24) is 19.7 Å². The second kappa shape index (κ2) is 13.2. The van der Waals surface area contributed by atoms with Crippen LogP contribution in [0, 0.1) is 17.2 Å². The molecule has 5 N–H and O–H groups in total. The van der Waals surface area contributed by atoms with Crippen molar-refractivity contribution in [1.29, 1.82) is 5.26 Å². The van der Waals surface area contributed by atoms with Crippen molar-refractivity contribution < 1.29 is 38.1 Å². The van der Waals surface area contributed by atoms with Gasteiger partial charge in [0.05, 0.1) is 25.0 Å². The molecule has 15 heteroatoms. The summed E-state index contributed by atoms with van der Waals surface area (Å²) in [7, 11) is -4.43. The zero-order valence-electron chi connectivity index (χ0n) is 23.5. The first-order chi connectivity index (χ1) is 20.1. The van der Waals surface area contributed by atoms with Gasteiger partial charge in [0.15, 0.2) is 17.5 Å². The number of aliphatic hydroxyl groups is 2. The van der Waals surface area contributed by atoms with Crippen molar-refractivity contribution in [3.05, 3.63) is 54.5 Å². The number of nitriles is 1. The molecule has 0 unspecified atom stereocenters. The molecule has 226 valence electrons. The third-order valence-electron chi connectivity index (χ3n) is 7.23. The summed E-state index contributed by atoms with van der Waals surface area (Å²) in [6.45, 7) is 4.94. The monoisotopic (exact) mass is 602 g/mol. The third kappa shape index (κ3) is 6.42. The standard InChI is InChI=1S/C27H35N6O8P/c1-4-18(5-2)14-38-26(36)17(3)32-42(37,41-19-9-7-6-8-10-19)39-15-27(24(35)23(34)21(13-28)40-27)22-12-11-20-25(29)30-16-31-33(20)22/h6-12,16-18,21,23-24,34-35H,4-5,14-15H2,1-3H3,(H,32,37)(H2,29,30,31)/t17-,21+,23-,24-,27-,42-/m0/s1. The Kier molecular flexibility index (Phi) is 9.83. The van der Waals surface area contributed by atoms with Gasteiger partial charge in [-0.15, -0.1) is 0 Å². The van der Waals surface area contributed by atoms with E-state index in [1.807, 2.05) is 13.8 Å². The van der Waals surface area contributed by atoms with Gasteiger partial charge < -0.3 is 29.9 Å². The van der Waals surface area contributed by atoms with Gasteiger partial charge in [-0.3, -0.25) is 9.32 Å². The first-order valence-corrected chi connectivity index (χ1v) is 15.1. The van der Waals surface area contributed by atoms with E-state index >= 15 is 0 Å². The molecule has 1 fully saturated rings. The molecule has 42 heavy (non-hydrogen) atoms. The number of carbonyl (C=O) groups is 1. The fourth-order valence-electron chi connectivity index (χ4n) is 4.62. The van der Waals surface area contributed by atoms with Crippen LogP contribution in [0.3, 0.4) is 0 Å². The highest BCUT2D eigenvalue weighted by Crippen LogP contribution is 2.49. The van der Waals surface area contributed by atoms with E-state index in [-0.39, 0.29) is 29.8 Å². The van der Waals surface area contributed by atoms with Gasteiger partial charge >= 0.3 is 13.7 Å². The first-order valence-electron chi connectivity index (χ1n) is 13.5. The molecule has 0 bridgehead atoms. The molecule has 1 aliphatic heterocycles. The van der Waals surface area contributed by atoms with Crippen LogP contribution in [0.2, 0.25) is 0 Å². The lowest BCUT2D eigenvalue weighted by atomic mass is 9.92. The maximum absolute atomic E-state index is 14.2. The SMILES string of the molecule is CCC(CC)COC(=O)[C@H](C)N[P@](=O)(OC[C@@]1(c2ccc3c(N)ncnn23)O[C@H](C#N)[C@H](O)[C@@H]1O)Oc1ccccc1. The minimum absolute atomic E-state index is 0.123. The van der Waals surface area contributed by atoms with Crippen molar-refractivity contribution in [3.63, 3.8) is 0 Å². The highest BCUT2D eigenvalue weighted by molar-refractivity contribution is 7.52. The van der Waals surface area contributed by atoms with Gasteiger partial charge in [-0.1, -0.05) is 44.9 Å². The molecule has 0 aliphatic carbocycles. The van der Waals surface area contributed by atoms with E-state index in [0.29, 0.717) is 5.52 Å². The molecule has 1 aromatic carbocycles. The summed E-state index contributed by atoms with van der Waals surface area (Å²) in [5, 5.41) is 38.2. The Balaban J connectivity index is 1.66. The van der Waals surface area contributed by atoms with Crippen LogP contribution in [0.25, 0.3) is 5.52 Å². The largest absolute Gasteiger partial charge is 0.464 e. The molecule has 3 aromatic rings. The summed E-state index contributed by atoms with van der Waals surface area (Å²) in [6.07, 6.45) is -2.01. The van der Waals surface area contributed by atoms with Crippen LogP contribution < -0.4 is 15.3 Å².